The summed E-state index contributed by atoms with van der Waals surface area (Å²) in [6.45, 7) is 2.50. The molecule has 0 aromatic rings. The number of hydrogen-bond acceptors (Lipinski definition) is 2. The highest BCUT2D eigenvalue weighted by atomic mass is 16.5. The number of carbonyl (C=O) groups is 1. The summed E-state index contributed by atoms with van der Waals surface area (Å²) in [6.07, 6.45) is 0. The van der Waals surface area contributed by atoms with Gasteiger partial charge >= 0.3 is 0 Å². The summed E-state index contributed by atoms with van der Waals surface area (Å²) in [4.78, 5) is 10.7. The molecule has 9 heavy (non-hydrogen) atoms. The molecule has 0 saturated heterocycles. The molecule has 0 aromatic heterocycles. The normalized spacial score (nSPS) is 18.2. The lowest BCUT2D eigenvalue weighted by Gasteiger charge is -1.95. The van der Waals surface area contributed by atoms with Gasteiger partial charge in [-0.25, -0.2) is 0 Å². The van der Waals surface area contributed by atoms with E-state index in [0.29, 0.717) is 12.3 Å². The highest BCUT2D eigenvalue weighted by Crippen LogP contribution is 2.09. The molecule has 50 valence electrons. The first-order chi connectivity index (χ1) is 4.25. The van der Waals surface area contributed by atoms with E-state index >= 15 is 0 Å². The Hall–Kier alpha value is -0.990. The van der Waals surface area contributed by atoms with Crippen molar-refractivity contribution in [2.45, 2.75) is 6.92 Å². The van der Waals surface area contributed by atoms with E-state index in [2.05, 4.69) is 5.32 Å². The van der Waals surface area contributed by atoms with E-state index in [-0.39, 0.29) is 5.91 Å². The van der Waals surface area contributed by atoms with Crippen LogP contribution in [0.5, 0.6) is 0 Å². The SMILES string of the molecule is COC1=C(C)CNC1=O. The Morgan fingerprint density at radius 3 is 2.56 bits per heavy atom. The van der Waals surface area contributed by atoms with Gasteiger partial charge < -0.3 is 10.1 Å². The van der Waals surface area contributed by atoms with Crippen LogP contribution in [-0.4, -0.2) is 19.6 Å². The molecule has 0 aromatic carbocycles. The molecule has 0 saturated carbocycles. The molecule has 1 heterocycles. The number of methoxy groups -OCH3 is 1. The average Bonchev–Trinajstić information content (AvgIpc) is 2.12. The van der Waals surface area contributed by atoms with Gasteiger partial charge in [0.05, 0.1) is 7.11 Å². The van der Waals surface area contributed by atoms with Crippen molar-refractivity contribution in [1.29, 1.82) is 0 Å². The summed E-state index contributed by atoms with van der Waals surface area (Å²) in [5.74, 6) is 0.366. The molecule has 1 rings (SSSR count). The second-order valence-corrected chi connectivity index (χ2v) is 2.00. The van der Waals surface area contributed by atoms with Gasteiger partial charge in [-0.2, -0.15) is 0 Å². The van der Waals surface area contributed by atoms with Crippen LogP contribution in [0.2, 0.25) is 0 Å². The number of nitrogens with one attached hydrogen (secondary N) is 1. The Morgan fingerprint density at radius 2 is 2.33 bits per heavy atom. The largest absolute Gasteiger partial charge is 0.491 e. The summed E-state index contributed by atoms with van der Waals surface area (Å²) in [7, 11) is 1.50. The molecule has 0 atom stereocenters. The summed E-state index contributed by atoms with van der Waals surface area (Å²) in [6, 6.07) is 0. The molecule has 3 nitrogen and oxygen atoms in total. The summed E-state index contributed by atoms with van der Waals surface area (Å²) in [5, 5.41) is 2.63. The van der Waals surface area contributed by atoms with Gasteiger partial charge in [-0.1, -0.05) is 0 Å². The maximum Gasteiger partial charge on any atom is 0.286 e. The van der Waals surface area contributed by atoms with Crippen molar-refractivity contribution in [2.24, 2.45) is 0 Å². The molecule has 0 aliphatic carbocycles. The van der Waals surface area contributed by atoms with Gasteiger partial charge in [-0.3, -0.25) is 4.79 Å². The third-order valence-electron chi connectivity index (χ3n) is 1.31. The van der Waals surface area contributed by atoms with Crippen LogP contribution in [0.15, 0.2) is 11.3 Å². The fourth-order valence-corrected chi connectivity index (χ4v) is 0.834. The van der Waals surface area contributed by atoms with E-state index in [9.17, 15) is 4.79 Å². The molecule has 3 heteroatoms. The van der Waals surface area contributed by atoms with Crippen LogP contribution < -0.4 is 5.32 Å². The van der Waals surface area contributed by atoms with Crippen molar-refractivity contribution in [3.8, 4) is 0 Å². The van der Waals surface area contributed by atoms with E-state index in [1.807, 2.05) is 6.92 Å². The fourth-order valence-electron chi connectivity index (χ4n) is 0.834. The maximum absolute atomic E-state index is 10.7. The van der Waals surface area contributed by atoms with Crippen molar-refractivity contribution in [1.82, 2.24) is 5.32 Å². The number of amides is 1. The van der Waals surface area contributed by atoms with Crippen LogP contribution in [0.4, 0.5) is 0 Å². The first-order valence-corrected chi connectivity index (χ1v) is 2.77. The molecule has 0 spiro atoms. The second kappa shape index (κ2) is 2.09. The van der Waals surface area contributed by atoms with Crippen LogP contribution in [0, 0.1) is 0 Å². The Balaban J connectivity index is 2.82. The summed E-state index contributed by atoms with van der Waals surface area (Å²) in [5.41, 5.74) is 0.975. The number of ether oxygens (including phenoxy) is 1. The van der Waals surface area contributed by atoms with Crippen LogP contribution in [-0.2, 0) is 9.53 Å². The molecule has 0 radical (unpaired) electrons. The van der Waals surface area contributed by atoms with Crippen LogP contribution >= 0.6 is 0 Å². The van der Waals surface area contributed by atoms with Crippen LogP contribution in [0.25, 0.3) is 0 Å². The smallest absolute Gasteiger partial charge is 0.286 e. The third-order valence-corrected chi connectivity index (χ3v) is 1.31. The zero-order valence-corrected chi connectivity index (χ0v) is 5.52. The zero-order chi connectivity index (χ0) is 6.85. The summed E-state index contributed by atoms with van der Waals surface area (Å²) < 4.78 is 4.80. The van der Waals surface area contributed by atoms with Crippen molar-refractivity contribution in [3.63, 3.8) is 0 Å². The average molecular weight is 127 g/mol. The first kappa shape index (κ1) is 6.13. The molecule has 0 unspecified atom stereocenters. The van der Waals surface area contributed by atoms with Gasteiger partial charge in [0.1, 0.15) is 0 Å². The number of rotatable bonds is 1. The number of carbonyl (C=O) groups excluding carboxylic acids is 1. The minimum Gasteiger partial charge on any atom is -0.491 e. The quantitative estimate of drug-likeness (QED) is 0.540. The van der Waals surface area contributed by atoms with E-state index in [0.717, 1.165) is 5.57 Å². The van der Waals surface area contributed by atoms with Gasteiger partial charge in [-0.15, -0.1) is 0 Å². The molecule has 1 amide bonds. The minimum absolute atomic E-state index is 0.102. The topological polar surface area (TPSA) is 38.3 Å². The third kappa shape index (κ3) is 0.896. The predicted octanol–water partition coefficient (Wildman–Crippen LogP) is 0.0366. The zero-order valence-electron chi connectivity index (χ0n) is 5.52. The Kier molecular flexibility index (Phi) is 1.42. The molecular weight excluding hydrogens is 118 g/mol. The lowest BCUT2D eigenvalue weighted by Crippen LogP contribution is -2.17. The Morgan fingerprint density at radius 1 is 1.67 bits per heavy atom. The van der Waals surface area contributed by atoms with Crippen molar-refractivity contribution in [3.05, 3.63) is 11.3 Å². The molecule has 1 aliphatic rings. The minimum atomic E-state index is -0.102. The van der Waals surface area contributed by atoms with Crippen molar-refractivity contribution < 1.29 is 9.53 Å². The molecule has 0 bridgehead atoms. The van der Waals surface area contributed by atoms with E-state index in [1.54, 1.807) is 0 Å². The summed E-state index contributed by atoms with van der Waals surface area (Å²) >= 11 is 0. The molecule has 1 N–H and O–H groups in total. The monoisotopic (exact) mass is 127 g/mol. The van der Waals surface area contributed by atoms with Gasteiger partial charge in [-0.05, 0) is 12.5 Å². The van der Waals surface area contributed by atoms with Gasteiger partial charge in [0.15, 0.2) is 5.76 Å². The first-order valence-electron chi connectivity index (χ1n) is 2.77. The van der Waals surface area contributed by atoms with Crippen LogP contribution in [0.3, 0.4) is 0 Å². The lowest BCUT2D eigenvalue weighted by molar-refractivity contribution is -0.119. The lowest BCUT2D eigenvalue weighted by atomic mass is 10.3. The molecular formula is C6H9NO2. The van der Waals surface area contributed by atoms with Gasteiger partial charge in [0, 0.05) is 6.54 Å². The maximum atomic E-state index is 10.7. The fraction of sp³-hybridized carbons (Fsp3) is 0.500. The standard InChI is InChI=1S/C6H9NO2/c1-4-3-7-6(8)5(4)9-2/h3H2,1-2H3,(H,7,8). The highest BCUT2D eigenvalue weighted by Gasteiger charge is 2.19. The number of hydrogen-bond donors (Lipinski definition) is 1. The van der Waals surface area contributed by atoms with Crippen molar-refractivity contribution >= 4 is 5.91 Å². The molecule has 0 fully saturated rings. The van der Waals surface area contributed by atoms with Gasteiger partial charge in [0.2, 0.25) is 0 Å². The highest BCUT2D eigenvalue weighted by molar-refractivity contribution is 5.94. The van der Waals surface area contributed by atoms with Crippen molar-refractivity contribution in [2.75, 3.05) is 13.7 Å². The Labute approximate surface area is 53.7 Å². The van der Waals surface area contributed by atoms with Crippen LogP contribution in [0.1, 0.15) is 6.92 Å². The Bertz CT molecular complexity index is 172. The molecule has 1 aliphatic heterocycles. The van der Waals surface area contributed by atoms with E-state index in [4.69, 9.17) is 4.74 Å². The second-order valence-electron chi connectivity index (χ2n) is 2.00. The van der Waals surface area contributed by atoms with E-state index < -0.39 is 0 Å². The predicted molar refractivity (Wildman–Crippen MR) is 32.7 cm³/mol. The van der Waals surface area contributed by atoms with E-state index in [1.165, 1.54) is 7.11 Å². The van der Waals surface area contributed by atoms with Gasteiger partial charge in [0.25, 0.3) is 5.91 Å².